The molecule has 0 aliphatic heterocycles. The van der Waals surface area contributed by atoms with Gasteiger partial charge in [-0.2, -0.15) is 5.26 Å². The minimum Gasteiger partial charge on any atom is -0.505 e. The zero-order valence-electron chi connectivity index (χ0n) is 21.3. The van der Waals surface area contributed by atoms with Crippen molar-refractivity contribution in [3.05, 3.63) is 95.8 Å². The van der Waals surface area contributed by atoms with Crippen molar-refractivity contribution >= 4 is 29.1 Å². The number of amides is 2. The van der Waals surface area contributed by atoms with Gasteiger partial charge >= 0.3 is 6.09 Å². The molecule has 0 saturated carbocycles. The number of phenolic OH excluding ortho intramolecular Hbond substituents is 1. The van der Waals surface area contributed by atoms with Crippen molar-refractivity contribution in [3.8, 4) is 11.8 Å². The Morgan fingerprint density at radius 1 is 1.13 bits per heavy atom. The summed E-state index contributed by atoms with van der Waals surface area (Å²) in [6, 6.07) is 18.7. The Bertz CT molecular complexity index is 1350. The second kappa shape index (κ2) is 14.2. The fraction of sp³-hybridized carbons (Fsp3) is 0.207. The average Bonchev–Trinajstić information content (AvgIpc) is 2.92. The van der Waals surface area contributed by atoms with E-state index in [1.165, 1.54) is 18.2 Å². The SMILES string of the molecule is CCO[C@H](CC/C=C/C(=O)Nc1ccccc1N)[C@H](OC(=O)Nc1ccc(C#N)cc1)c1ccc(O)c(F)c1. The van der Waals surface area contributed by atoms with Gasteiger partial charge in [-0.05, 0) is 79.9 Å². The monoisotopic (exact) mass is 532 g/mol. The first-order valence-electron chi connectivity index (χ1n) is 12.2. The number of para-hydroxylation sites is 2. The van der Waals surface area contributed by atoms with E-state index in [-0.39, 0.29) is 18.1 Å². The predicted octanol–water partition coefficient (Wildman–Crippen LogP) is 5.66. The zero-order chi connectivity index (χ0) is 28.2. The minimum absolute atomic E-state index is 0.278. The van der Waals surface area contributed by atoms with Gasteiger partial charge in [0.2, 0.25) is 5.91 Å². The van der Waals surface area contributed by atoms with Crippen molar-refractivity contribution in [2.24, 2.45) is 0 Å². The number of nitrogens with one attached hydrogen (secondary N) is 2. The first-order valence-corrected chi connectivity index (χ1v) is 12.2. The van der Waals surface area contributed by atoms with Crippen molar-refractivity contribution in [1.29, 1.82) is 5.26 Å². The van der Waals surface area contributed by atoms with Gasteiger partial charge in [0.15, 0.2) is 17.7 Å². The number of benzene rings is 3. The molecule has 0 bridgehead atoms. The molecule has 0 unspecified atom stereocenters. The second-order valence-corrected chi connectivity index (χ2v) is 8.40. The Hall–Kier alpha value is -4.88. The van der Waals surface area contributed by atoms with Crippen LogP contribution in [0, 0.1) is 17.1 Å². The molecule has 3 rings (SSSR count). The highest BCUT2D eigenvalue weighted by Gasteiger charge is 2.28. The molecule has 0 aromatic heterocycles. The molecule has 202 valence electrons. The lowest BCUT2D eigenvalue weighted by atomic mass is 9.99. The number of hydrogen-bond acceptors (Lipinski definition) is 7. The topological polar surface area (TPSA) is 147 Å². The fourth-order valence-corrected chi connectivity index (χ4v) is 3.72. The molecular formula is C29H29FN4O5. The number of rotatable bonds is 11. The van der Waals surface area contributed by atoms with Crippen LogP contribution in [0.25, 0.3) is 0 Å². The number of ether oxygens (including phenoxy) is 2. The molecule has 3 aromatic carbocycles. The highest BCUT2D eigenvalue weighted by Crippen LogP contribution is 2.30. The summed E-state index contributed by atoms with van der Waals surface area (Å²) >= 11 is 0. The summed E-state index contributed by atoms with van der Waals surface area (Å²) in [5.74, 6) is -1.78. The Kier molecular flexibility index (Phi) is 10.4. The molecule has 0 aliphatic rings. The van der Waals surface area contributed by atoms with Crippen LogP contribution in [0.2, 0.25) is 0 Å². The van der Waals surface area contributed by atoms with Crippen LogP contribution in [0.4, 0.5) is 26.2 Å². The van der Waals surface area contributed by atoms with Gasteiger partial charge in [-0.15, -0.1) is 0 Å². The maximum Gasteiger partial charge on any atom is 0.412 e. The number of carbonyl (C=O) groups excluding carboxylic acids is 2. The molecule has 0 aliphatic carbocycles. The summed E-state index contributed by atoms with van der Waals surface area (Å²) in [7, 11) is 0. The molecule has 2 atom stereocenters. The summed E-state index contributed by atoms with van der Waals surface area (Å²) in [5.41, 5.74) is 7.89. The lowest BCUT2D eigenvalue weighted by molar-refractivity contribution is -0.111. The van der Waals surface area contributed by atoms with Crippen molar-refractivity contribution in [3.63, 3.8) is 0 Å². The van der Waals surface area contributed by atoms with Crippen LogP contribution in [0.1, 0.15) is 37.0 Å². The Labute approximate surface area is 225 Å². The summed E-state index contributed by atoms with van der Waals surface area (Å²) < 4.78 is 25.7. The number of phenols is 1. The smallest absolute Gasteiger partial charge is 0.412 e. The largest absolute Gasteiger partial charge is 0.505 e. The number of anilines is 3. The normalized spacial score (nSPS) is 12.3. The standard InChI is InChI=1S/C29H29FN4O5/c1-2-38-26(9-5-6-10-27(36)34-24-8-4-3-7-23(24)32)28(20-13-16-25(35)22(30)17-20)39-29(37)33-21-14-11-19(18-31)12-15-21/h3-4,6-8,10-17,26,28,35H,2,5,9,32H2,1H3,(H,33,37)(H,34,36)/b10-6+/t26-,28-/m1/s1. The molecule has 10 heteroatoms. The first kappa shape index (κ1) is 28.7. The third-order valence-electron chi connectivity index (χ3n) is 5.62. The van der Waals surface area contributed by atoms with Gasteiger partial charge in [0.05, 0.1) is 29.1 Å². The van der Waals surface area contributed by atoms with Gasteiger partial charge in [0.25, 0.3) is 0 Å². The van der Waals surface area contributed by atoms with Crippen molar-refractivity contribution < 1.29 is 28.6 Å². The molecule has 3 aromatic rings. The van der Waals surface area contributed by atoms with Crippen LogP contribution in [-0.4, -0.2) is 29.8 Å². The molecule has 9 nitrogen and oxygen atoms in total. The average molecular weight is 533 g/mol. The number of aromatic hydroxyl groups is 1. The van der Waals surface area contributed by atoms with E-state index in [1.54, 1.807) is 61.5 Å². The van der Waals surface area contributed by atoms with Gasteiger partial charge in [-0.1, -0.05) is 24.3 Å². The number of halogens is 1. The van der Waals surface area contributed by atoms with Crippen LogP contribution >= 0.6 is 0 Å². The maximum atomic E-state index is 14.2. The highest BCUT2D eigenvalue weighted by molar-refractivity contribution is 6.01. The van der Waals surface area contributed by atoms with Crippen LogP contribution in [0.5, 0.6) is 5.75 Å². The fourth-order valence-electron chi connectivity index (χ4n) is 3.72. The Morgan fingerprint density at radius 2 is 1.87 bits per heavy atom. The number of nitriles is 1. The summed E-state index contributed by atoms with van der Waals surface area (Å²) in [6.07, 6.45) is 1.14. The molecule has 0 saturated heterocycles. The van der Waals surface area contributed by atoms with Gasteiger partial charge < -0.3 is 25.6 Å². The van der Waals surface area contributed by atoms with Crippen LogP contribution < -0.4 is 16.4 Å². The third kappa shape index (κ3) is 8.59. The molecule has 5 N–H and O–H groups in total. The molecule has 0 fully saturated rings. The first-order chi connectivity index (χ1) is 18.8. The molecule has 2 amide bonds. The van der Waals surface area contributed by atoms with Crippen LogP contribution in [-0.2, 0) is 14.3 Å². The number of nitrogen functional groups attached to an aromatic ring is 1. The molecule has 0 heterocycles. The van der Waals surface area contributed by atoms with E-state index in [0.717, 1.165) is 6.07 Å². The number of carbonyl (C=O) groups is 2. The Morgan fingerprint density at radius 3 is 2.54 bits per heavy atom. The summed E-state index contributed by atoms with van der Waals surface area (Å²) in [5, 5.41) is 23.9. The molecule has 0 spiro atoms. The highest BCUT2D eigenvalue weighted by atomic mass is 19.1. The van der Waals surface area contributed by atoms with E-state index in [2.05, 4.69) is 10.6 Å². The zero-order valence-corrected chi connectivity index (χ0v) is 21.3. The maximum absolute atomic E-state index is 14.2. The minimum atomic E-state index is -1.04. The summed E-state index contributed by atoms with van der Waals surface area (Å²) in [6.45, 7) is 2.05. The molecule has 39 heavy (non-hydrogen) atoms. The van der Waals surface area contributed by atoms with E-state index < -0.39 is 29.9 Å². The van der Waals surface area contributed by atoms with E-state index in [4.69, 9.17) is 20.5 Å². The quantitative estimate of drug-likeness (QED) is 0.184. The van der Waals surface area contributed by atoms with Crippen LogP contribution in [0.15, 0.2) is 78.9 Å². The van der Waals surface area contributed by atoms with Crippen LogP contribution in [0.3, 0.4) is 0 Å². The summed E-state index contributed by atoms with van der Waals surface area (Å²) in [4.78, 5) is 25.0. The molecular weight excluding hydrogens is 503 g/mol. The van der Waals surface area contributed by atoms with Gasteiger partial charge in [0.1, 0.15) is 0 Å². The second-order valence-electron chi connectivity index (χ2n) is 8.40. The van der Waals surface area contributed by atoms with E-state index in [1.807, 2.05) is 6.07 Å². The van der Waals surface area contributed by atoms with Crippen molar-refractivity contribution in [2.45, 2.75) is 32.0 Å². The van der Waals surface area contributed by atoms with Gasteiger partial charge in [0, 0.05) is 12.3 Å². The lowest BCUT2D eigenvalue weighted by Gasteiger charge is -2.27. The van der Waals surface area contributed by atoms with Crippen molar-refractivity contribution in [2.75, 3.05) is 23.0 Å². The number of hydrogen-bond donors (Lipinski definition) is 4. The van der Waals surface area contributed by atoms with Crippen molar-refractivity contribution in [1.82, 2.24) is 0 Å². The van der Waals surface area contributed by atoms with E-state index >= 15 is 0 Å². The predicted molar refractivity (Wildman–Crippen MR) is 145 cm³/mol. The van der Waals surface area contributed by atoms with Gasteiger partial charge in [-0.3, -0.25) is 10.1 Å². The lowest BCUT2D eigenvalue weighted by Crippen LogP contribution is -2.29. The van der Waals surface area contributed by atoms with E-state index in [0.29, 0.717) is 35.5 Å². The number of allylic oxidation sites excluding steroid dienone is 1. The third-order valence-corrected chi connectivity index (χ3v) is 5.62. The van der Waals surface area contributed by atoms with Gasteiger partial charge in [-0.25, -0.2) is 9.18 Å². The van der Waals surface area contributed by atoms with E-state index in [9.17, 15) is 19.1 Å². The Balaban J connectivity index is 1.72. The number of nitrogens with two attached hydrogens (primary N) is 1. The molecule has 0 radical (unpaired) electrons. The number of nitrogens with zero attached hydrogens (tertiary/aromatic N) is 1.